The first-order valence-corrected chi connectivity index (χ1v) is 11.0. The van der Waals surface area contributed by atoms with Crippen molar-refractivity contribution in [1.29, 1.82) is 0 Å². The van der Waals surface area contributed by atoms with Crippen LogP contribution in [0.1, 0.15) is 51.7 Å². The number of pyridine rings is 2. The smallest absolute Gasteiger partial charge is 0.407 e. The largest absolute Gasteiger partial charge is 0.481 e. The molecule has 0 radical (unpaired) electrons. The van der Waals surface area contributed by atoms with E-state index in [4.69, 9.17) is 14.2 Å². The minimum atomic E-state index is -1.29. The van der Waals surface area contributed by atoms with Gasteiger partial charge < -0.3 is 34.8 Å². The summed E-state index contributed by atoms with van der Waals surface area (Å²) < 4.78 is 16.5. The number of aliphatic hydroxyl groups is 3. The summed E-state index contributed by atoms with van der Waals surface area (Å²) in [6.45, 7) is 5.17. The van der Waals surface area contributed by atoms with Crippen molar-refractivity contribution in [3.8, 4) is 5.88 Å². The molecule has 1 aliphatic rings. The normalized spacial score (nSPS) is 23.1. The predicted molar refractivity (Wildman–Crippen MR) is 120 cm³/mol. The van der Waals surface area contributed by atoms with Gasteiger partial charge in [0.05, 0.1) is 36.4 Å². The van der Waals surface area contributed by atoms with E-state index in [2.05, 4.69) is 15.3 Å². The van der Waals surface area contributed by atoms with E-state index in [1.54, 1.807) is 45.2 Å². The molecule has 0 aromatic carbocycles. The second-order valence-corrected chi connectivity index (χ2v) is 9.11. The lowest BCUT2D eigenvalue weighted by molar-refractivity contribution is -0.149. The van der Waals surface area contributed by atoms with Crippen molar-refractivity contribution in [2.75, 3.05) is 13.7 Å². The fraction of sp³-hybridized carbons (Fsp3) is 0.609. The number of hydrogen-bond donors (Lipinski definition) is 4. The molecule has 0 aliphatic carbocycles. The van der Waals surface area contributed by atoms with Crippen LogP contribution in [0.4, 0.5) is 4.79 Å². The number of hydrogen-bond acceptors (Lipinski definition) is 9. The van der Waals surface area contributed by atoms with E-state index in [-0.39, 0.29) is 19.1 Å². The minimum Gasteiger partial charge on any atom is -0.481 e. The Morgan fingerprint density at radius 3 is 2.70 bits per heavy atom. The van der Waals surface area contributed by atoms with Gasteiger partial charge in [0, 0.05) is 24.4 Å². The zero-order valence-corrected chi connectivity index (χ0v) is 19.4. The highest BCUT2D eigenvalue weighted by molar-refractivity contribution is 5.78. The summed E-state index contributed by atoms with van der Waals surface area (Å²) in [7, 11) is 1.49. The van der Waals surface area contributed by atoms with E-state index in [0.717, 1.165) is 0 Å². The standard InChI is InChI=1S/C23H33N3O7/c1-23(2,3)33-22(30)25-14-5-7-17(32-16(14)10-12-27)21(29)20(28)13-9-11-24-15-6-8-18(31-4)26-19(13)15/h6,8-9,11,14,16-17,20-21,27-29H,5,7,10,12H2,1-4H3,(H,25,30)/t14-,16-,17+,20-,21+/m1/s1. The van der Waals surface area contributed by atoms with E-state index in [1.807, 2.05) is 0 Å². The Morgan fingerprint density at radius 2 is 2.03 bits per heavy atom. The van der Waals surface area contributed by atoms with Crippen LogP contribution in [0.3, 0.4) is 0 Å². The first-order chi connectivity index (χ1) is 15.6. The Bertz CT molecular complexity index is 949. The lowest BCUT2D eigenvalue weighted by Crippen LogP contribution is -2.53. The fourth-order valence-electron chi connectivity index (χ4n) is 3.96. The summed E-state index contributed by atoms with van der Waals surface area (Å²) in [5, 5.41) is 34.2. The van der Waals surface area contributed by atoms with E-state index >= 15 is 0 Å². The maximum Gasteiger partial charge on any atom is 0.407 e. The number of carbonyl (C=O) groups excluding carboxylic acids is 1. The van der Waals surface area contributed by atoms with Crippen molar-refractivity contribution >= 4 is 17.1 Å². The number of amides is 1. The van der Waals surface area contributed by atoms with Crippen molar-refractivity contribution < 1.29 is 34.3 Å². The molecule has 10 heteroatoms. The molecular formula is C23H33N3O7. The van der Waals surface area contributed by atoms with E-state index < -0.39 is 36.1 Å². The van der Waals surface area contributed by atoms with Gasteiger partial charge in [-0.05, 0) is 52.2 Å². The molecule has 0 unspecified atom stereocenters. The minimum absolute atomic E-state index is 0.152. The molecule has 1 fully saturated rings. The van der Waals surface area contributed by atoms with Gasteiger partial charge in [-0.25, -0.2) is 9.78 Å². The summed E-state index contributed by atoms with van der Waals surface area (Å²) in [4.78, 5) is 20.8. The van der Waals surface area contributed by atoms with Crippen LogP contribution in [0, 0.1) is 0 Å². The van der Waals surface area contributed by atoms with Gasteiger partial charge in [0.2, 0.25) is 5.88 Å². The molecule has 0 bridgehead atoms. The average molecular weight is 464 g/mol. The van der Waals surface area contributed by atoms with Gasteiger partial charge in [0.15, 0.2) is 0 Å². The molecule has 3 rings (SSSR count). The summed E-state index contributed by atoms with van der Waals surface area (Å²) in [6, 6.07) is 4.61. The molecule has 2 aromatic heterocycles. The van der Waals surface area contributed by atoms with Crippen LogP contribution in [-0.2, 0) is 9.47 Å². The van der Waals surface area contributed by atoms with Gasteiger partial charge in [0.1, 0.15) is 17.8 Å². The third-order valence-electron chi connectivity index (χ3n) is 5.50. The third-order valence-corrected chi connectivity index (χ3v) is 5.50. The molecule has 5 atom stereocenters. The Kier molecular flexibility index (Phi) is 8.06. The maximum atomic E-state index is 12.2. The van der Waals surface area contributed by atoms with Gasteiger partial charge in [-0.3, -0.25) is 4.98 Å². The second kappa shape index (κ2) is 10.6. The number of carbonyl (C=O) groups is 1. The van der Waals surface area contributed by atoms with E-state index in [1.165, 1.54) is 7.11 Å². The highest BCUT2D eigenvalue weighted by atomic mass is 16.6. The third kappa shape index (κ3) is 6.29. The van der Waals surface area contributed by atoms with Gasteiger partial charge in [-0.1, -0.05) is 0 Å². The number of aliphatic hydroxyl groups excluding tert-OH is 3. The number of rotatable bonds is 7. The fourth-order valence-corrected chi connectivity index (χ4v) is 3.96. The van der Waals surface area contributed by atoms with Crippen molar-refractivity contribution in [2.45, 2.75) is 76.1 Å². The molecule has 0 saturated carbocycles. The molecular weight excluding hydrogens is 430 g/mol. The molecule has 1 amide bonds. The summed E-state index contributed by atoms with van der Waals surface area (Å²) >= 11 is 0. The number of nitrogens with one attached hydrogen (secondary N) is 1. The van der Waals surface area contributed by atoms with Gasteiger partial charge in [-0.15, -0.1) is 0 Å². The van der Waals surface area contributed by atoms with Crippen molar-refractivity contribution in [1.82, 2.24) is 15.3 Å². The van der Waals surface area contributed by atoms with Crippen molar-refractivity contribution in [3.05, 3.63) is 30.0 Å². The molecule has 0 spiro atoms. The van der Waals surface area contributed by atoms with Crippen molar-refractivity contribution in [2.24, 2.45) is 0 Å². The molecule has 3 heterocycles. The highest BCUT2D eigenvalue weighted by Gasteiger charge is 2.38. The number of methoxy groups -OCH3 is 1. The molecule has 33 heavy (non-hydrogen) atoms. The van der Waals surface area contributed by atoms with Gasteiger partial charge in [0.25, 0.3) is 0 Å². The number of fused-ring (bicyclic) bond motifs is 1. The first-order valence-electron chi connectivity index (χ1n) is 11.0. The number of alkyl carbamates (subject to hydrolysis) is 1. The summed E-state index contributed by atoms with van der Waals surface area (Å²) in [6.07, 6.45) is -1.69. The van der Waals surface area contributed by atoms with Crippen LogP contribution in [0.25, 0.3) is 11.0 Å². The van der Waals surface area contributed by atoms with Crippen LogP contribution in [-0.4, -0.2) is 75.1 Å². The highest BCUT2D eigenvalue weighted by Crippen LogP contribution is 2.32. The molecule has 1 aliphatic heterocycles. The average Bonchev–Trinajstić information content (AvgIpc) is 2.77. The summed E-state index contributed by atoms with van der Waals surface area (Å²) in [5.41, 5.74) is 0.751. The van der Waals surface area contributed by atoms with Crippen LogP contribution in [0.15, 0.2) is 24.4 Å². The number of nitrogens with zero attached hydrogens (tertiary/aromatic N) is 2. The SMILES string of the molecule is COc1ccc2nccc([C@@H](O)[C@@H](O)[C@@H]3CC[C@@H](NC(=O)OC(C)(C)C)[C@@H](CCO)O3)c2n1. The van der Waals surface area contributed by atoms with Gasteiger partial charge >= 0.3 is 6.09 Å². The van der Waals surface area contributed by atoms with E-state index in [9.17, 15) is 20.1 Å². The monoisotopic (exact) mass is 463 g/mol. The molecule has 4 N–H and O–H groups in total. The molecule has 182 valence electrons. The number of aromatic nitrogens is 2. The topological polar surface area (TPSA) is 143 Å². The van der Waals surface area contributed by atoms with E-state index in [0.29, 0.717) is 35.3 Å². The molecule has 2 aromatic rings. The summed E-state index contributed by atoms with van der Waals surface area (Å²) in [5.74, 6) is 0.367. The van der Waals surface area contributed by atoms with Crippen LogP contribution >= 0.6 is 0 Å². The Hall–Kier alpha value is -2.53. The predicted octanol–water partition coefficient (Wildman–Crippen LogP) is 1.86. The van der Waals surface area contributed by atoms with Crippen LogP contribution in [0.2, 0.25) is 0 Å². The lowest BCUT2D eigenvalue weighted by Gasteiger charge is -2.39. The zero-order valence-electron chi connectivity index (χ0n) is 19.4. The number of ether oxygens (including phenoxy) is 3. The Labute approximate surface area is 192 Å². The Morgan fingerprint density at radius 1 is 1.27 bits per heavy atom. The quantitative estimate of drug-likeness (QED) is 0.484. The maximum absolute atomic E-state index is 12.2. The first kappa shape index (κ1) is 25.1. The zero-order chi connectivity index (χ0) is 24.2. The Balaban J connectivity index is 1.73. The van der Waals surface area contributed by atoms with Crippen LogP contribution in [0.5, 0.6) is 5.88 Å². The lowest BCUT2D eigenvalue weighted by atomic mass is 9.90. The van der Waals surface area contributed by atoms with Crippen molar-refractivity contribution in [3.63, 3.8) is 0 Å². The molecule has 1 saturated heterocycles. The second-order valence-electron chi connectivity index (χ2n) is 9.11. The van der Waals surface area contributed by atoms with Crippen LogP contribution < -0.4 is 10.1 Å². The van der Waals surface area contributed by atoms with Gasteiger partial charge in [-0.2, -0.15) is 0 Å². The molecule has 10 nitrogen and oxygen atoms in total.